The molecule has 44 heavy (non-hydrogen) atoms. The minimum Gasteiger partial charge on any atom is -0.466 e. The van der Waals surface area contributed by atoms with Crippen LogP contribution in [0, 0.1) is 35.0 Å². The van der Waals surface area contributed by atoms with Crippen LogP contribution in [-0.2, 0) is 52.4 Å². The summed E-state index contributed by atoms with van der Waals surface area (Å²) in [5, 5.41) is 0. The van der Waals surface area contributed by atoms with Gasteiger partial charge in [-0.3, -0.25) is 24.0 Å². The van der Waals surface area contributed by atoms with Crippen molar-refractivity contribution >= 4 is 29.5 Å². The summed E-state index contributed by atoms with van der Waals surface area (Å²) in [6.45, 7) is 12.6. The van der Waals surface area contributed by atoms with E-state index in [2.05, 4.69) is 0 Å². The van der Waals surface area contributed by atoms with Crippen LogP contribution in [0.15, 0.2) is 11.1 Å². The van der Waals surface area contributed by atoms with Gasteiger partial charge in [0, 0.05) is 42.9 Å². The topological polar surface area (TPSA) is 141 Å². The Kier molecular flexibility index (Phi) is 6.45. The number of hydrogen-bond acceptors (Lipinski definition) is 11. The van der Waals surface area contributed by atoms with E-state index in [4.69, 9.17) is 28.4 Å². The Balaban J connectivity index is 1.39. The third-order valence-corrected chi connectivity index (χ3v) is 12.0. The van der Waals surface area contributed by atoms with Gasteiger partial charge in [0.1, 0.15) is 24.1 Å². The highest BCUT2D eigenvalue weighted by atomic mass is 16.7. The zero-order valence-electron chi connectivity index (χ0n) is 26.4. The number of carbonyl (C=O) groups is 5. The van der Waals surface area contributed by atoms with E-state index in [1.54, 1.807) is 13.8 Å². The summed E-state index contributed by atoms with van der Waals surface area (Å²) in [6.07, 6.45) is -1.73. The third-order valence-electron chi connectivity index (χ3n) is 12.0. The standard InChI is InChI=1S/C33H42O11/c1-8-39-21(35)12-19-17-13-32-10-9-31(7)26-22(14(2)27(31)36)25-24(15(3)29(38)41-25)43-33(26,44-32)28(37)23(32)20(40-16(4)34)11-18(17)30(5,6)42-19/h14-15,19-20,22-26H,8-13H2,1-7H3. The molecule has 2 aliphatic carbocycles. The maximum Gasteiger partial charge on any atom is 0.311 e. The fourth-order valence-electron chi connectivity index (χ4n) is 10.2. The molecule has 11 heteroatoms. The largest absolute Gasteiger partial charge is 0.466 e. The van der Waals surface area contributed by atoms with Crippen LogP contribution >= 0.6 is 0 Å². The molecule has 240 valence electrons. The second-order valence-electron chi connectivity index (χ2n) is 14.7. The number of ether oxygens (including phenoxy) is 6. The van der Waals surface area contributed by atoms with Crippen LogP contribution in [0.4, 0.5) is 0 Å². The number of ketones is 2. The first-order valence-electron chi connectivity index (χ1n) is 16.0. The highest BCUT2D eigenvalue weighted by molar-refractivity contribution is 5.98. The van der Waals surface area contributed by atoms with Crippen molar-refractivity contribution in [2.75, 3.05) is 6.61 Å². The number of hydrogen-bond donors (Lipinski definition) is 0. The summed E-state index contributed by atoms with van der Waals surface area (Å²) < 4.78 is 37.4. The summed E-state index contributed by atoms with van der Waals surface area (Å²) in [4.78, 5) is 67.4. The van der Waals surface area contributed by atoms with E-state index in [0.717, 1.165) is 11.1 Å². The SMILES string of the molecule is CCOC(=O)CC1OC(C)(C)C2=C1CC13CCC4(C)C(=O)C(C)C5C6OC(=O)C(C)C6OC(O1)(C(=O)C3C(OC(C)=O)C2)C54. The van der Waals surface area contributed by atoms with Gasteiger partial charge in [-0.05, 0) is 51.7 Å². The molecule has 5 fully saturated rings. The molecule has 0 aromatic heterocycles. The van der Waals surface area contributed by atoms with Crippen LogP contribution in [0.25, 0.3) is 0 Å². The molecular weight excluding hydrogens is 572 g/mol. The first kappa shape index (κ1) is 30.0. The maximum absolute atomic E-state index is 15.1. The lowest BCUT2D eigenvalue weighted by Crippen LogP contribution is -2.63. The number of Topliss-reactive ketones (excluding diaryl/α,β-unsaturated/α-hetero) is 2. The van der Waals surface area contributed by atoms with E-state index in [9.17, 15) is 19.2 Å². The minimum absolute atomic E-state index is 0.0101. The highest BCUT2D eigenvalue weighted by Crippen LogP contribution is 2.70. The number of rotatable bonds is 4. The summed E-state index contributed by atoms with van der Waals surface area (Å²) in [6, 6.07) is 0. The number of esters is 3. The lowest BCUT2D eigenvalue weighted by Gasteiger charge is -2.50. The van der Waals surface area contributed by atoms with E-state index < -0.39 is 94.3 Å². The molecule has 7 rings (SSSR count). The molecule has 0 radical (unpaired) electrons. The molecule has 1 saturated carbocycles. The van der Waals surface area contributed by atoms with Crippen molar-refractivity contribution in [2.45, 2.75) is 122 Å². The van der Waals surface area contributed by atoms with Gasteiger partial charge in [-0.1, -0.05) is 13.8 Å². The molecule has 0 aromatic carbocycles. The highest BCUT2D eigenvalue weighted by Gasteiger charge is 2.82. The Morgan fingerprint density at radius 3 is 2.39 bits per heavy atom. The van der Waals surface area contributed by atoms with Gasteiger partial charge in [0.05, 0.1) is 42.2 Å². The van der Waals surface area contributed by atoms with Crippen molar-refractivity contribution in [3.05, 3.63) is 11.1 Å². The van der Waals surface area contributed by atoms with E-state index in [1.165, 1.54) is 6.92 Å². The van der Waals surface area contributed by atoms with Crippen LogP contribution in [0.2, 0.25) is 0 Å². The van der Waals surface area contributed by atoms with E-state index in [1.807, 2.05) is 27.7 Å². The molecule has 0 amide bonds. The van der Waals surface area contributed by atoms with Crippen molar-refractivity contribution in [3.8, 4) is 0 Å². The van der Waals surface area contributed by atoms with Gasteiger partial charge in [-0.15, -0.1) is 0 Å². The smallest absolute Gasteiger partial charge is 0.311 e. The molecule has 4 saturated heterocycles. The first-order chi connectivity index (χ1) is 20.6. The zero-order valence-corrected chi connectivity index (χ0v) is 26.4. The molecule has 2 bridgehead atoms. The third kappa shape index (κ3) is 3.75. The Hall–Kier alpha value is -2.63. The quantitative estimate of drug-likeness (QED) is 0.262. The molecule has 12 atom stereocenters. The number of carbonyl (C=O) groups excluding carboxylic acids is 5. The Morgan fingerprint density at radius 2 is 1.70 bits per heavy atom. The van der Waals surface area contributed by atoms with E-state index in [-0.39, 0.29) is 37.4 Å². The van der Waals surface area contributed by atoms with Crippen LogP contribution in [0.3, 0.4) is 0 Å². The lowest BCUT2D eigenvalue weighted by molar-refractivity contribution is -0.328. The second-order valence-corrected chi connectivity index (χ2v) is 14.7. The average Bonchev–Trinajstić information content (AvgIpc) is 3.43. The predicted molar refractivity (Wildman–Crippen MR) is 149 cm³/mol. The summed E-state index contributed by atoms with van der Waals surface area (Å²) in [7, 11) is 0. The molecule has 0 N–H and O–H groups in total. The number of fused-ring (bicyclic) bond motifs is 2. The van der Waals surface area contributed by atoms with Crippen molar-refractivity contribution < 1.29 is 52.4 Å². The minimum atomic E-state index is -1.83. The normalized spacial score (nSPS) is 48.1. The van der Waals surface area contributed by atoms with Crippen molar-refractivity contribution in [2.24, 2.45) is 35.0 Å². The Bertz CT molecular complexity index is 1400. The van der Waals surface area contributed by atoms with Crippen LogP contribution in [0.5, 0.6) is 0 Å². The van der Waals surface area contributed by atoms with Crippen molar-refractivity contribution in [1.82, 2.24) is 0 Å². The molecule has 2 spiro atoms. The van der Waals surface area contributed by atoms with Crippen molar-refractivity contribution in [1.29, 1.82) is 0 Å². The Labute approximate surface area is 256 Å². The van der Waals surface area contributed by atoms with Gasteiger partial charge in [0.25, 0.3) is 0 Å². The monoisotopic (exact) mass is 614 g/mol. The molecular formula is C33H42O11. The zero-order chi connectivity index (χ0) is 31.7. The van der Waals surface area contributed by atoms with Crippen LogP contribution in [0.1, 0.15) is 80.6 Å². The first-order valence-corrected chi connectivity index (χ1v) is 16.0. The molecule has 0 aromatic rings. The maximum atomic E-state index is 15.1. The van der Waals surface area contributed by atoms with Gasteiger partial charge in [-0.25, -0.2) is 0 Å². The fraction of sp³-hybridized carbons (Fsp3) is 0.788. The van der Waals surface area contributed by atoms with Gasteiger partial charge in [0.2, 0.25) is 11.6 Å². The summed E-state index contributed by atoms with van der Waals surface area (Å²) in [5.41, 5.74) is -1.25. The lowest BCUT2D eigenvalue weighted by atomic mass is 9.61. The van der Waals surface area contributed by atoms with Crippen LogP contribution in [-0.4, -0.2) is 77.5 Å². The summed E-state index contributed by atoms with van der Waals surface area (Å²) >= 11 is 0. The fourth-order valence-corrected chi connectivity index (χ4v) is 10.2. The summed E-state index contributed by atoms with van der Waals surface area (Å²) in [5.74, 6) is -6.67. The van der Waals surface area contributed by atoms with Gasteiger partial charge >= 0.3 is 17.9 Å². The van der Waals surface area contributed by atoms with Gasteiger partial charge < -0.3 is 28.4 Å². The molecule has 5 aliphatic heterocycles. The van der Waals surface area contributed by atoms with E-state index >= 15 is 4.79 Å². The second kappa shape index (κ2) is 9.45. The average molecular weight is 615 g/mol. The molecule has 12 unspecified atom stereocenters. The van der Waals surface area contributed by atoms with Gasteiger partial charge in [-0.2, -0.15) is 0 Å². The van der Waals surface area contributed by atoms with E-state index in [0.29, 0.717) is 12.8 Å². The molecule has 7 aliphatic rings. The van der Waals surface area contributed by atoms with Gasteiger partial charge in [0.15, 0.2) is 0 Å². The Morgan fingerprint density at radius 1 is 0.977 bits per heavy atom. The predicted octanol–water partition coefficient (Wildman–Crippen LogP) is 3.00. The molecule has 11 nitrogen and oxygen atoms in total. The van der Waals surface area contributed by atoms with Crippen LogP contribution < -0.4 is 0 Å². The van der Waals surface area contributed by atoms with Crippen molar-refractivity contribution in [3.63, 3.8) is 0 Å². The molecule has 5 heterocycles.